The topological polar surface area (TPSA) is 69.0 Å². The van der Waals surface area contributed by atoms with Crippen LogP contribution in [0.25, 0.3) is 11.0 Å². The minimum absolute atomic E-state index is 0.0293. The molecule has 6 heteroatoms. The molecule has 2 aromatic rings. The molecule has 0 spiro atoms. The van der Waals surface area contributed by atoms with Crippen molar-refractivity contribution in [2.75, 3.05) is 13.2 Å². The van der Waals surface area contributed by atoms with Crippen LogP contribution in [0, 0.1) is 6.92 Å². The quantitative estimate of drug-likeness (QED) is 0.915. The van der Waals surface area contributed by atoms with Crippen LogP contribution in [0.5, 0.6) is 0 Å². The van der Waals surface area contributed by atoms with E-state index in [2.05, 4.69) is 10.4 Å². The molecule has 3 heterocycles. The summed E-state index contributed by atoms with van der Waals surface area (Å²) in [7, 11) is 1.89. The van der Waals surface area contributed by atoms with Gasteiger partial charge < -0.3 is 10.1 Å². The van der Waals surface area contributed by atoms with Crippen molar-refractivity contribution in [1.29, 1.82) is 0 Å². The number of ether oxygens (including phenoxy) is 1. The number of hydrogen-bond donors (Lipinski definition) is 1. The summed E-state index contributed by atoms with van der Waals surface area (Å²) in [6.45, 7) is 3.43. The summed E-state index contributed by atoms with van der Waals surface area (Å²) >= 11 is 0. The second-order valence-corrected chi connectivity index (χ2v) is 6.96. The van der Waals surface area contributed by atoms with E-state index in [0.717, 1.165) is 61.1 Å². The summed E-state index contributed by atoms with van der Waals surface area (Å²) in [5, 5.41) is 8.38. The van der Waals surface area contributed by atoms with E-state index in [4.69, 9.17) is 9.72 Å². The Morgan fingerprint density at radius 2 is 2.25 bits per heavy atom. The van der Waals surface area contributed by atoms with Crippen LogP contribution < -0.4 is 5.32 Å². The largest absolute Gasteiger partial charge is 0.378 e. The average Bonchev–Trinajstić information content (AvgIpc) is 3.22. The van der Waals surface area contributed by atoms with Gasteiger partial charge >= 0.3 is 0 Å². The highest BCUT2D eigenvalue weighted by Crippen LogP contribution is 2.40. The number of nitrogens with one attached hydrogen (secondary N) is 1. The van der Waals surface area contributed by atoms with Crippen molar-refractivity contribution in [1.82, 2.24) is 20.1 Å². The Kier molecular flexibility index (Phi) is 4.00. The van der Waals surface area contributed by atoms with Gasteiger partial charge in [0.05, 0.1) is 22.7 Å². The van der Waals surface area contributed by atoms with E-state index in [-0.39, 0.29) is 5.91 Å². The summed E-state index contributed by atoms with van der Waals surface area (Å²) in [5.41, 5.74) is 3.39. The van der Waals surface area contributed by atoms with Crippen LogP contribution in [0.15, 0.2) is 6.07 Å². The van der Waals surface area contributed by atoms with Gasteiger partial charge in [-0.3, -0.25) is 9.48 Å². The first-order chi connectivity index (χ1) is 11.6. The molecule has 2 fully saturated rings. The highest BCUT2D eigenvalue weighted by Gasteiger charge is 2.28. The molecule has 1 saturated carbocycles. The summed E-state index contributed by atoms with van der Waals surface area (Å²) in [5.74, 6) is 0.474. The molecule has 0 aromatic carbocycles. The summed E-state index contributed by atoms with van der Waals surface area (Å²) in [6.07, 6.45) is 5.73. The molecule has 128 valence electrons. The van der Waals surface area contributed by atoms with Crippen molar-refractivity contribution in [3.05, 3.63) is 23.0 Å². The molecule has 0 unspecified atom stereocenters. The third-order valence-electron chi connectivity index (χ3n) is 5.00. The van der Waals surface area contributed by atoms with Gasteiger partial charge in [0.25, 0.3) is 5.91 Å². The van der Waals surface area contributed by atoms with E-state index < -0.39 is 0 Å². The second kappa shape index (κ2) is 6.16. The highest BCUT2D eigenvalue weighted by atomic mass is 16.5. The number of nitrogens with zero attached hydrogens (tertiary/aromatic N) is 3. The molecule has 1 saturated heterocycles. The fraction of sp³-hybridized carbons (Fsp3) is 0.611. The molecule has 0 radical (unpaired) electrons. The standard InChI is InChI=1S/C18H24N4O2/c1-11-16-14(18(23)19-8-7-13-4-3-9-24-13)10-15(12-5-6-12)20-17(16)22(2)21-11/h10,12-13H,3-9H2,1-2H3,(H,19,23)/t13-/m1/s1. The zero-order valence-corrected chi connectivity index (χ0v) is 14.3. The molecule has 1 amide bonds. The number of fused-ring (bicyclic) bond motifs is 1. The first-order valence-corrected chi connectivity index (χ1v) is 8.87. The van der Waals surface area contributed by atoms with Crippen LogP contribution >= 0.6 is 0 Å². The van der Waals surface area contributed by atoms with E-state index in [9.17, 15) is 4.79 Å². The summed E-state index contributed by atoms with van der Waals surface area (Å²) in [4.78, 5) is 17.5. The van der Waals surface area contributed by atoms with E-state index in [1.807, 2.05) is 20.0 Å². The lowest BCUT2D eigenvalue weighted by Crippen LogP contribution is -2.27. The van der Waals surface area contributed by atoms with Crippen molar-refractivity contribution in [2.24, 2.45) is 7.05 Å². The van der Waals surface area contributed by atoms with Crippen molar-refractivity contribution in [2.45, 2.75) is 51.0 Å². The molecule has 1 aliphatic heterocycles. The fourth-order valence-electron chi connectivity index (χ4n) is 3.55. The molecule has 24 heavy (non-hydrogen) atoms. The fourth-order valence-corrected chi connectivity index (χ4v) is 3.55. The number of rotatable bonds is 5. The number of pyridine rings is 1. The number of hydrogen-bond acceptors (Lipinski definition) is 4. The number of aryl methyl sites for hydroxylation is 2. The third kappa shape index (κ3) is 2.90. The molecular formula is C18H24N4O2. The molecule has 1 aliphatic carbocycles. The Balaban J connectivity index is 1.58. The van der Waals surface area contributed by atoms with Crippen molar-refractivity contribution in [3.8, 4) is 0 Å². The molecular weight excluding hydrogens is 304 g/mol. The Morgan fingerprint density at radius 3 is 2.96 bits per heavy atom. The predicted molar refractivity (Wildman–Crippen MR) is 91.1 cm³/mol. The van der Waals surface area contributed by atoms with E-state index >= 15 is 0 Å². The zero-order chi connectivity index (χ0) is 16.7. The number of aromatic nitrogens is 3. The first kappa shape index (κ1) is 15.6. The SMILES string of the molecule is Cc1nn(C)c2nc(C3CC3)cc(C(=O)NCC[C@H]3CCCO3)c12. The summed E-state index contributed by atoms with van der Waals surface area (Å²) < 4.78 is 7.39. The molecule has 1 atom stereocenters. The van der Waals surface area contributed by atoms with Gasteiger partial charge in [-0.25, -0.2) is 4.98 Å². The van der Waals surface area contributed by atoms with Gasteiger partial charge in [-0.1, -0.05) is 0 Å². The van der Waals surface area contributed by atoms with Gasteiger partial charge in [0.15, 0.2) is 5.65 Å². The van der Waals surface area contributed by atoms with Crippen molar-refractivity contribution < 1.29 is 9.53 Å². The monoisotopic (exact) mass is 328 g/mol. The lowest BCUT2D eigenvalue weighted by Gasteiger charge is -2.11. The van der Waals surface area contributed by atoms with Gasteiger partial charge in [0.2, 0.25) is 0 Å². The summed E-state index contributed by atoms with van der Waals surface area (Å²) in [6, 6.07) is 1.97. The molecule has 2 aromatic heterocycles. The van der Waals surface area contributed by atoms with Gasteiger partial charge in [0, 0.05) is 31.8 Å². The Labute approximate surface area is 141 Å². The Morgan fingerprint density at radius 1 is 1.42 bits per heavy atom. The maximum Gasteiger partial charge on any atom is 0.252 e. The first-order valence-electron chi connectivity index (χ1n) is 8.87. The van der Waals surface area contributed by atoms with Gasteiger partial charge in [-0.05, 0) is 45.1 Å². The second-order valence-electron chi connectivity index (χ2n) is 6.96. The van der Waals surface area contributed by atoms with Gasteiger partial charge in [-0.2, -0.15) is 5.10 Å². The molecule has 6 nitrogen and oxygen atoms in total. The van der Waals surface area contributed by atoms with Crippen LogP contribution in [0.4, 0.5) is 0 Å². The van der Waals surface area contributed by atoms with E-state index in [1.54, 1.807) is 4.68 Å². The molecule has 1 N–H and O–H groups in total. The number of amides is 1. The normalized spacial score (nSPS) is 20.7. The number of carbonyl (C=O) groups excluding carboxylic acids is 1. The Bertz CT molecular complexity index is 773. The lowest BCUT2D eigenvalue weighted by atomic mass is 10.1. The van der Waals surface area contributed by atoms with Crippen LogP contribution in [0.3, 0.4) is 0 Å². The lowest BCUT2D eigenvalue weighted by molar-refractivity contribution is 0.0908. The Hall–Kier alpha value is -1.95. The minimum Gasteiger partial charge on any atom is -0.378 e. The van der Waals surface area contributed by atoms with Crippen LogP contribution in [0.1, 0.15) is 59.8 Å². The van der Waals surface area contributed by atoms with Crippen LogP contribution in [0.2, 0.25) is 0 Å². The predicted octanol–water partition coefficient (Wildman–Crippen LogP) is 2.45. The highest BCUT2D eigenvalue weighted by molar-refractivity contribution is 6.06. The zero-order valence-electron chi connectivity index (χ0n) is 14.3. The molecule has 2 aliphatic rings. The van der Waals surface area contributed by atoms with E-state index in [1.165, 1.54) is 0 Å². The van der Waals surface area contributed by atoms with E-state index in [0.29, 0.717) is 24.1 Å². The smallest absolute Gasteiger partial charge is 0.252 e. The minimum atomic E-state index is -0.0293. The average molecular weight is 328 g/mol. The van der Waals surface area contributed by atoms with Crippen LogP contribution in [-0.4, -0.2) is 39.9 Å². The maximum absolute atomic E-state index is 12.8. The van der Waals surface area contributed by atoms with Gasteiger partial charge in [-0.15, -0.1) is 0 Å². The van der Waals surface area contributed by atoms with Crippen molar-refractivity contribution in [3.63, 3.8) is 0 Å². The van der Waals surface area contributed by atoms with Crippen LogP contribution in [-0.2, 0) is 11.8 Å². The number of carbonyl (C=O) groups is 1. The third-order valence-corrected chi connectivity index (χ3v) is 5.00. The van der Waals surface area contributed by atoms with Crippen molar-refractivity contribution >= 4 is 16.9 Å². The molecule has 0 bridgehead atoms. The maximum atomic E-state index is 12.8. The van der Waals surface area contributed by atoms with Gasteiger partial charge in [0.1, 0.15) is 0 Å². The molecule has 4 rings (SSSR count).